The van der Waals surface area contributed by atoms with E-state index in [-0.39, 0.29) is 24.0 Å². The molecule has 1 heterocycles. The highest BCUT2D eigenvalue weighted by Gasteiger charge is 2.56. The van der Waals surface area contributed by atoms with Gasteiger partial charge in [0, 0.05) is 19.0 Å². The summed E-state index contributed by atoms with van der Waals surface area (Å²) in [5, 5.41) is 0. The molecule has 0 spiro atoms. The largest absolute Gasteiger partial charge is 0.370 e. The van der Waals surface area contributed by atoms with Gasteiger partial charge in [-0.05, 0) is 42.2 Å². The third-order valence-corrected chi connectivity index (χ3v) is 5.39. The Bertz CT molecular complexity index is 549. The van der Waals surface area contributed by atoms with E-state index in [0.29, 0.717) is 12.0 Å². The number of rotatable bonds is 1. The molecule has 3 atom stereocenters. The van der Waals surface area contributed by atoms with Gasteiger partial charge < -0.3 is 10.6 Å². The molecule has 3 unspecified atom stereocenters. The molecule has 2 fully saturated rings. The Morgan fingerprint density at radius 1 is 1.24 bits per heavy atom. The third-order valence-electron chi connectivity index (χ3n) is 5.39. The van der Waals surface area contributed by atoms with Crippen LogP contribution < -0.4 is 5.73 Å². The van der Waals surface area contributed by atoms with Gasteiger partial charge in [0.25, 0.3) is 0 Å². The Kier molecular flexibility index (Phi) is 4.17. The van der Waals surface area contributed by atoms with Gasteiger partial charge >= 0.3 is 0 Å². The molecule has 1 saturated heterocycles. The summed E-state index contributed by atoms with van der Waals surface area (Å²) in [6, 6.07) is 9.27. The predicted octanol–water partition coefficient (Wildman–Crippen LogP) is 2.99. The van der Waals surface area contributed by atoms with Crippen molar-refractivity contribution in [2.75, 3.05) is 13.1 Å². The minimum absolute atomic E-state index is 0. The standard InChI is InChI=1S/C17H23N3.HI/c1-11-6-8-20(9-7-11)17(18)19-16-14-10-12-4-2-3-5-13(12)15(14)16;/h2-5,11,14-16H,6-10H2,1H3,(H2,18,19);1H. The van der Waals surface area contributed by atoms with Gasteiger partial charge in [-0.15, -0.1) is 24.0 Å². The normalized spacial score (nSPS) is 31.4. The average Bonchev–Trinajstić information content (AvgIpc) is 2.97. The van der Waals surface area contributed by atoms with Gasteiger partial charge in [-0.2, -0.15) is 0 Å². The summed E-state index contributed by atoms with van der Waals surface area (Å²) in [6.45, 7) is 4.48. The number of fused-ring (bicyclic) bond motifs is 3. The minimum Gasteiger partial charge on any atom is -0.370 e. The fraction of sp³-hybridized carbons (Fsp3) is 0.588. The molecule has 3 aliphatic rings. The zero-order chi connectivity index (χ0) is 13.7. The zero-order valence-corrected chi connectivity index (χ0v) is 14.9. The van der Waals surface area contributed by atoms with Gasteiger partial charge in [0.05, 0.1) is 6.04 Å². The highest BCUT2D eigenvalue weighted by molar-refractivity contribution is 14.0. The van der Waals surface area contributed by atoms with E-state index in [4.69, 9.17) is 10.7 Å². The van der Waals surface area contributed by atoms with Crippen LogP contribution >= 0.6 is 24.0 Å². The lowest BCUT2D eigenvalue weighted by atomic mass is 10.00. The quantitative estimate of drug-likeness (QED) is 0.450. The molecule has 1 aromatic carbocycles. The van der Waals surface area contributed by atoms with E-state index in [1.807, 2.05) is 0 Å². The lowest BCUT2D eigenvalue weighted by Crippen LogP contribution is -2.42. The van der Waals surface area contributed by atoms with Crippen LogP contribution in [0.1, 0.15) is 36.8 Å². The minimum atomic E-state index is 0. The fourth-order valence-electron chi connectivity index (χ4n) is 3.97. The number of nitrogens with two attached hydrogens (primary N) is 1. The second kappa shape index (κ2) is 5.78. The molecular formula is C17H24IN3. The van der Waals surface area contributed by atoms with Crippen molar-refractivity contribution in [2.24, 2.45) is 22.6 Å². The van der Waals surface area contributed by atoms with Crippen LogP contribution in [0.5, 0.6) is 0 Å². The number of nitrogens with zero attached hydrogens (tertiary/aromatic N) is 2. The Morgan fingerprint density at radius 2 is 1.95 bits per heavy atom. The summed E-state index contributed by atoms with van der Waals surface area (Å²) in [5.74, 6) is 2.99. The van der Waals surface area contributed by atoms with E-state index in [1.54, 1.807) is 0 Å². The predicted molar refractivity (Wildman–Crippen MR) is 97.2 cm³/mol. The Hall–Kier alpha value is -0.780. The van der Waals surface area contributed by atoms with Gasteiger partial charge in [-0.25, -0.2) is 4.99 Å². The van der Waals surface area contributed by atoms with Crippen molar-refractivity contribution in [1.29, 1.82) is 0 Å². The van der Waals surface area contributed by atoms with Crippen LogP contribution in [0, 0.1) is 11.8 Å². The Labute approximate surface area is 144 Å². The van der Waals surface area contributed by atoms with E-state index < -0.39 is 0 Å². The van der Waals surface area contributed by atoms with Crippen LogP contribution in [0.15, 0.2) is 29.3 Å². The Balaban J connectivity index is 0.00000132. The van der Waals surface area contributed by atoms with Crippen LogP contribution in [0.25, 0.3) is 0 Å². The van der Waals surface area contributed by atoms with Gasteiger partial charge in [-0.3, -0.25) is 0 Å². The lowest BCUT2D eigenvalue weighted by molar-refractivity contribution is 0.277. The molecule has 4 rings (SSSR count). The maximum Gasteiger partial charge on any atom is 0.191 e. The first kappa shape index (κ1) is 15.1. The van der Waals surface area contributed by atoms with E-state index in [1.165, 1.54) is 30.4 Å². The molecule has 2 N–H and O–H groups in total. The van der Waals surface area contributed by atoms with E-state index in [9.17, 15) is 0 Å². The molecule has 2 aliphatic carbocycles. The van der Waals surface area contributed by atoms with E-state index in [2.05, 4.69) is 36.1 Å². The van der Waals surface area contributed by atoms with Crippen molar-refractivity contribution >= 4 is 29.9 Å². The van der Waals surface area contributed by atoms with Crippen molar-refractivity contribution < 1.29 is 0 Å². The first-order valence-electron chi connectivity index (χ1n) is 7.90. The number of halogens is 1. The SMILES string of the molecule is CC1CCN(C(N)=NC2C3Cc4ccccc4C32)CC1.I. The maximum absolute atomic E-state index is 6.23. The molecule has 0 bridgehead atoms. The van der Waals surface area contributed by atoms with Crippen molar-refractivity contribution in [3.8, 4) is 0 Å². The maximum atomic E-state index is 6.23. The number of piperidine rings is 1. The van der Waals surface area contributed by atoms with Gasteiger partial charge in [0.2, 0.25) is 0 Å². The molecule has 1 saturated carbocycles. The second-order valence-corrected chi connectivity index (χ2v) is 6.74. The van der Waals surface area contributed by atoms with Crippen molar-refractivity contribution in [3.63, 3.8) is 0 Å². The number of guanidine groups is 1. The zero-order valence-electron chi connectivity index (χ0n) is 12.5. The van der Waals surface area contributed by atoms with Crippen LogP contribution in [0.4, 0.5) is 0 Å². The average molecular weight is 397 g/mol. The first-order valence-corrected chi connectivity index (χ1v) is 7.90. The lowest BCUT2D eigenvalue weighted by Gasteiger charge is -2.31. The smallest absolute Gasteiger partial charge is 0.191 e. The van der Waals surface area contributed by atoms with Crippen molar-refractivity contribution in [2.45, 2.75) is 38.1 Å². The molecule has 3 nitrogen and oxygen atoms in total. The fourth-order valence-corrected chi connectivity index (χ4v) is 3.97. The molecule has 1 aliphatic heterocycles. The van der Waals surface area contributed by atoms with Crippen LogP contribution in [-0.2, 0) is 6.42 Å². The van der Waals surface area contributed by atoms with Gasteiger partial charge in [0.1, 0.15) is 0 Å². The number of aliphatic imine (C=N–C) groups is 1. The molecule has 0 aromatic heterocycles. The second-order valence-electron chi connectivity index (χ2n) is 6.74. The van der Waals surface area contributed by atoms with E-state index >= 15 is 0 Å². The molecule has 21 heavy (non-hydrogen) atoms. The van der Waals surface area contributed by atoms with Crippen molar-refractivity contribution in [1.82, 2.24) is 4.90 Å². The molecule has 1 aromatic rings. The summed E-state index contributed by atoms with van der Waals surface area (Å²) in [6.07, 6.45) is 3.69. The van der Waals surface area contributed by atoms with Crippen LogP contribution in [0.2, 0.25) is 0 Å². The summed E-state index contributed by atoms with van der Waals surface area (Å²) in [7, 11) is 0. The number of hydrogen-bond acceptors (Lipinski definition) is 1. The van der Waals surface area contributed by atoms with E-state index in [0.717, 1.165) is 30.9 Å². The highest BCUT2D eigenvalue weighted by atomic mass is 127. The van der Waals surface area contributed by atoms with Crippen LogP contribution in [0.3, 0.4) is 0 Å². The third kappa shape index (κ3) is 2.67. The topological polar surface area (TPSA) is 41.6 Å². The van der Waals surface area contributed by atoms with Crippen LogP contribution in [-0.4, -0.2) is 30.0 Å². The monoisotopic (exact) mass is 397 g/mol. The summed E-state index contributed by atoms with van der Waals surface area (Å²) < 4.78 is 0. The number of benzene rings is 1. The Morgan fingerprint density at radius 3 is 2.71 bits per heavy atom. The summed E-state index contributed by atoms with van der Waals surface area (Å²) in [4.78, 5) is 7.12. The summed E-state index contributed by atoms with van der Waals surface area (Å²) >= 11 is 0. The number of likely N-dealkylation sites (tertiary alicyclic amines) is 1. The molecular weight excluding hydrogens is 373 g/mol. The highest BCUT2D eigenvalue weighted by Crippen LogP contribution is 2.58. The molecule has 0 amide bonds. The molecule has 114 valence electrons. The van der Waals surface area contributed by atoms with Gasteiger partial charge in [0.15, 0.2) is 5.96 Å². The van der Waals surface area contributed by atoms with Gasteiger partial charge in [-0.1, -0.05) is 31.2 Å². The molecule has 0 radical (unpaired) electrons. The first-order chi connectivity index (χ1) is 9.74. The molecule has 4 heteroatoms. The van der Waals surface area contributed by atoms with Crippen molar-refractivity contribution in [3.05, 3.63) is 35.4 Å². The number of hydrogen-bond donors (Lipinski definition) is 1. The summed E-state index contributed by atoms with van der Waals surface area (Å²) in [5.41, 5.74) is 9.28.